The summed E-state index contributed by atoms with van der Waals surface area (Å²) in [6.07, 6.45) is 1.29. The number of halogens is 3. The minimum atomic E-state index is -0.578. The van der Waals surface area contributed by atoms with Crippen LogP contribution >= 0.6 is 39.1 Å². The van der Waals surface area contributed by atoms with Gasteiger partial charge in [-0.3, -0.25) is 15.0 Å². The Hall–Kier alpha value is -2.02. The molecule has 3 rings (SSSR count). The van der Waals surface area contributed by atoms with E-state index in [4.69, 9.17) is 23.2 Å². The van der Waals surface area contributed by atoms with Crippen molar-refractivity contribution in [2.24, 2.45) is 0 Å². The smallest absolute Gasteiger partial charge is 0.282 e. The standard InChI is InChI=1S/C16H9BrCl2N2O3/c17-13-7-10(19)5-8(14(13)22)6-12-15(23)20-21(16(12)24)11-3-1-9(18)2-4-11/h1-7,22H,(H,20,23)/b12-6+. The van der Waals surface area contributed by atoms with Gasteiger partial charge >= 0.3 is 0 Å². The minimum Gasteiger partial charge on any atom is -0.506 e. The molecule has 8 heteroatoms. The molecule has 0 bridgehead atoms. The van der Waals surface area contributed by atoms with Gasteiger partial charge in [0.1, 0.15) is 11.3 Å². The van der Waals surface area contributed by atoms with E-state index < -0.39 is 11.8 Å². The maximum absolute atomic E-state index is 12.5. The highest BCUT2D eigenvalue weighted by molar-refractivity contribution is 9.10. The van der Waals surface area contributed by atoms with Gasteiger partial charge in [-0.05, 0) is 58.4 Å². The largest absolute Gasteiger partial charge is 0.506 e. The van der Waals surface area contributed by atoms with Crippen molar-refractivity contribution < 1.29 is 14.7 Å². The Balaban J connectivity index is 1.99. The van der Waals surface area contributed by atoms with Gasteiger partial charge in [0, 0.05) is 15.6 Å². The molecule has 0 unspecified atom stereocenters. The molecule has 2 amide bonds. The molecular formula is C16H9BrCl2N2O3. The van der Waals surface area contributed by atoms with Crippen molar-refractivity contribution >= 4 is 62.7 Å². The van der Waals surface area contributed by atoms with Gasteiger partial charge in [0.2, 0.25) is 0 Å². The summed E-state index contributed by atoms with van der Waals surface area (Å²) in [6, 6.07) is 9.40. The summed E-state index contributed by atoms with van der Waals surface area (Å²) in [6.45, 7) is 0. The molecule has 5 nitrogen and oxygen atoms in total. The van der Waals surface area contributed by atoms with Gasteiger partial charge in [-0.2, -0.15) is 0 Å². The molecule has 0 spiro atoms. The first kappa shape index (κ1) is 16.8. The van der Waals surface area contributed by atoms with Crippen LogP contribution in [0.4, 0.5) is 5.69 Å². The SMILES string of the molecule is O=C1NN(c2ccc(Cl)cc2)C(=O)/C1=C/c1cc(Cl)cc(Br)c1O. The lowest BCUT2D eigenvalue weighted by atomic mass is 10.1. The minimum absolute atomic E-state index is 0.113. The first-order chi connectivity index (χ1) is 11.4. The van der Waals surface area contributed by atoms with E-state index in [1.165, 1.54) is 18.2 Å². The Morgan fingerprint density at radius 1 is 1.08 bits per heavy atom. The van der Waals surface area contributed by atoms with E-state index in [2.05, 4.69) is 21.4 Å². The number of benzene rings is 2. The number of hydrogen-bond acceptors (Lipinski definition) is 3. The molecule has 1 saturated heterocycles. The van der Waals surface area contributed by atoms with Crippen LogP contribution in [0.2, 0.25) is 10.0 Å². The third-order valence-electron chi connectivity index (χ3n) is 3.33. The van der Waals surface area contributed by atoms with Gasteiger partial charge < -0.3 is 5.11 Å². The third-order valence-corrected chi connectivity index (χ3v) is 4.41. The maximum Gasteiger partial charge on any atom is 0.282 e. The molecule has 0 aromatic heterocycles. The number of hydrogen-bond donors (Lipinski definition) is 2. The van der Waals surface area contributed by atoms with Crippen LogP contribution in [0.5, 0.6) is 5.75 Å². The summed E-state index contributed by atoms with van der Waals surface area (Å²) < 4.78 is 0.363. The number of rotatable bonds is 2. The van der Waals surface area contributed by atoms with E-state index in [0.29, 0.717) is 20.2 Å². The van der Waals surface area contributed by atoms with Crippen molar-refractivity contribution in [2.45, 2.75) is 0 Å². The van der Waals surface area contributed by atoms with Gasteiger partial charge in [0.05, 0.1) is 10.2 Å². The van der Waals surface area contributed by atoms with Crippen LogP contribution in [0.3, 0.4) is 0 Å². The van der Waals surface area contributed by atoms with Gasteiger partial charge in [-0.1, -0.05) is 23.2 Å². The summed E-state index contributed by atoms with van der Waals surface area (Å²) in [5.41, 5.74) is 3.07. The quantitative estimate of drug-likeness (QED) is 0.563. The monoisotopic (exact) mass is 426 g/mol. The van der Waals surface area contributed by atoms with E-state index in [0.717, 1.165) is 5.01 Å². The van der Waals surface area contributed by atoms with Gasteiger partial charge in [-0.25, -0.2) is 5.01 Å². The zero-order valence-corrected chi connectivity index (χ0v) is 15.0. The van der Waals surface area contributed by atoms with E-state index in [-0.39, 0.29) is 16.9 Å². The Morgan fingerprint density at radius 3 is 2.42 bits per heavy atom. The van der Waals surface area contributed by atoms with Crippen LogP contribution in [0.25, 0.3) is 6.08 Å². The molecule has 2 N–H and O–H groups in total. The first-order valence-electron chi connectivity index (χ1n) is 6.67. The number of phenolic OH excluding ortho intramolecular Hbond substituents is 1. The second-order valence-corrected chi connectivity index (χ2v) is 6.67. The molecule has 1 aliphatic rings. The summed E-state index contributed by atoms with van der Waals surface area (Å²) >= 11 is 14.9. The topological polar surface area (TPSA) is 69.6 Å². The molecule has 1 aliphatic heterocycles. The lowest BCUT2D eigenvalue weighted by Gasteiger charge is -2.14. The molecule has 1 fully saturated rings. The molecule has 122 valence electrons. The molecule has 0 radical (unpaired) electrons. The highest BCUT2D eigenvalue weighted by Crippen LogP contribution is 2.33. The van der Waals surface area contributed by atoms with E-state index in [1.54, 1.807) is 24.3 Å². The van der Waals surface area contributed by atoms with Crippen molar-refractivity contribution in [3.63, 3.8) is 0 Å². The number of phenols is 1. The number of nitrogens with one attached hydrogen (secondary N) is 1. The van der Waals surface area contributed by atoms with Crippen LogP contribution in [-0.4, -0.2) is 16.9 Å². The van der Waals surface area contributed by atoms with Crippen molar-refractivity contribution in [1.82, 2.24) is 5.43 Å². The fourth-order valence-corrected chi connectivity index (χ4v) is 3.14. The molecule has 0 saturated carbocycles. The Labute approximate surface area is 155 Å². The van der Waals surface area contributed by atoms with Crippen molar-refractivity contribution in [3.05, 3.63) is 62.1 Å². The fraction of sp³-hybridized carbons (Fsp3) is 0. The Morgan fingerprint density at radius 2 is 1.75 bits per heavy atom. The van der Waals surface area contributed by atoms with Crippen LogP contribution in [0, 0.1) is 0 Å². The van der Waals surface area contributed by atoms with E-state index in [9.17, 15) is 14.7 Å². The van der Waals surface area contributed by atoms with Crippen LogP contribution in [0.1, 0.15) is 5.56 Å². The second-order valence-electron chi connectivity index (χ2n) is 4.94. The summed E-state index contributed by atoms with van der Waals surface area (Å²) in [7, 11) is 0. The second kappa shape index (κ2) is 6.47. The lowest BCUT2D eigenvalue weighted by Crippen LogP contribution is -2.35. The summed E-state index contributed by atoms with van der Waals surface area (Å²) in [5, 5.41) is 12.0. The van der Waals surface area contributed by atoms with E-state index in [1.807, 2.05) is 0 Å². The van der Waals surface area contributed by atoms with E-state index >= 15 is 0 Å². The zero-order valence-electron chi connectivity index (χ0n) is 11.9. The first-order valence-corrected chi connectivity index (χ1v) is 8.22. The average molecular weight is 428 g/mol. The van der Waals surface area contributed by atoms with Gasteiger partial charge in [0.15, 0.2) is 0 Å². The van der Waals surface area contributed by atoms with Crippen LogP contribution in [-0.2, 0) is 9.59 Å². The fourth-order valence-electron chi connectivity index (χ4n) is 2.18. The highest BCUT2D eigenvalue weighted by Gasteiger charge is 2.34. The number of aromatic hydroxyl groups is 1. The summed E-state index contributed by atoms with van der Waals surface area (Å²) in [5.74, 6) is -1.24. The third kappa shape index (κ3) is 3.13. The molecule has 2 aromatic carbocycles. The molecule has 24 heavy (non-hydrogen) atoms. The Kier molecular flexibility index (Phi) is 4.54. The highest BCUT2D eigenvalue weighted by atomic mass is 79.9. The van der Waals surface area contributed by atoms with Crippen molar-refractivity contribution in [3.8, 4) is 5.75 Å². The molecule has 2 aromatic rings. The normalized spacial score (nSPS) is 16.0. The number of hydrazine groups is 1. The molecule has 0 aliphatic carbocycles. The zero-order chi connectivity index (χ0) is 17.4. The molecular weight excluding hydrogens is 419 g/mol. The Bertz CT molecular complexity index is 882. The number of carbonyl (C=O) groups is 2. The van der Waals surface area contributed by atoms with Gasteiger partial charge in [0.25, 0.3) is 11.8 Å². The lowest BCUT2D eigenvalue weighted by molar-refractivity contribution is -0.117. The summed E-state index contributed by atoms with van der Waals surface area (Å²) in [4.78, 5) is 24.6. The molecule has 1 heterocycles. The predicted molar refractivity (Wildman–Crippen MR) is 95.9 cm³/mol. The molecule has 0 atom stereocenters. The van der Waals surface area contributed by atoms with Crippen molar-refractivity contribution in [1.29, 1.82) is 0 Å². The maximum atomic E-state index is 12.5. The number of nitrogens with zero attached hydrogens (tertiary/aromatic N) is 1. The predicted octanol–water partition coefficient (Wildman–Crippen LogP) is 3.92. The van der Waals surface area contributed by atoms with Crippen LogP contribution in [0.15, 0.2) is 46.4 Å². The number of anilines is 1. The number of carbonyl (C=O) groups excluding carboxylic acids is 2. The number of amides is 2. The van der Waals surface area contributed by atoms with Gasteiger partial charge in [-0.15, -0.1) is 0 Å². The average Bonchev–Trinajstić information content (AvgIpc) is 2.81. The van der Waals surface area contributed by atoms with Crippen LogP contribution < -0.4 is 10.4 Å². The van der Waals surface area contributed by atoms with Crippen molar-refractivity contribution in [2.75, 3.05) is 5.01 Å².